The molecule has 0 aromatic heterocycles. The van der Waals surface area contributed by atoms with Crippen LogP contribution in [-0.2, 0) is 16.0 Å². The summed E-state index contributed by atoms with van der Waals surface area (Å²) in [5.41, 5.74) is 7.16. The van der Waals surface area contributed by atoms with Gasteiger partial charge in [0.05, 0.1) is 6.10 Å². The third kappa shape index (κ3) is 4.29. The van der Waals surface area contributed by atoms with Crippen molar-refractivity contribution in [3.05, 3.63) is 35.4 Å². The quantitative estimate of drug-likeness (QED) is 0.700. The van der Waals surface area contributed by atoms with Crippen molar-refractivity contribution in [1.82, 2.24) is 10.6 Å². The van der Waals surface area contributed by atoms with E-state index in [9.17, 15) is 9.59 Å². The fraction of sp³-hybridized carbons (Fsp3) is 0.500. The first kappa shape index (κ1) is 16.5. The molecule has 1 aromatic rings. The molecule has 0 radical (unpaired) electrons. The van der Waals surface area contributed by atoms with Gasteiger partial charge in [-0.05, 0) is 37.0 Å². The van der Waals surface area contributed by atoms with E-state index in [1.165, 1.54) is 0 Å². The van der Waals surface area contributed by atoms with Crippen molar-refractivity contribution in [3.63, 3.8) is 0 Å². The lowest BCUT2D eigenvalue weighted by Gasteiger charge is -2.12. The molecular weight excluding hydrogens is 282 g/mol. The molecule has 1 heterocycles. The topological polar surface area (TPSA) is 93.5 Å². The minimum absolute atomic E-state index is 0.0000113. The zero-order valence-electron chi connectivity index (χ0n) is 12.8. The summed E-state index contributed by atoms with van der Waals surface area (Å²) in [6.07, 6.45) is 1.84. The van der Waals surface area contributed by atoms with E-state index >= 15 is 0 Å². The van der Waals surface area contributed by atoms with Gasteiger partial charge >= 0.3 is 0 Å². The third-order valence-electron chi connectivity index (χ3n) is 3.79. The lowest BCUT2D eigenvalue weighted by Crippen LogP contribution is -2.36. The predicted octanol–water partition coefficient (Wildman–Crippen LogP) is 0.211. The molecule has 0 bridgehead atoms. The van der Waals surface area contributed by atoms with Crippen molar-refractivity contribution in [2.24, 2.45) is 5.73 Å². The summed E-state index contributed by atoms with van der Waals surface area (Å²) in [5, 5.41) is 5.47. The van der Waals surface area contributed by atoms with Crippen LogP contribution in [-0.4, -0.2) is 44.2 Å². The second-order valence-electron chi connectivity index (χ2n) is 5.38. The van der Waals surface area contributed by atoms with Crippen molar-refractivity contribution in [1.29, 1.82) is 0 Å². The first-order chi connectivity index (χ1) is 10.6. The van der Waals surface area contributed by atoms with Crippen molar-refractivity contribution in [3.8, 4) is 0 Å². The van der Waals surface area contributed by atoms with Gasteiger partial charge in [0.2, 0.25) is 5.91 Å². The van der Waals surface area contributed by atoms with Crippen LogP contribution in [0.2, 0.25) is 0 Å². The van der Waals surface area contributed by atoms with Gasteiger partial charge in [-0.25, -0.2) is 0 Å². The Labute approximate surface area is 130 Å². The maximum atomic E-state index is 12.0. The average Bonchev–Trinajstić information content (AvgIpc) is 3.03. The highest BCUT2D eigenvalue weighted by atomic mass is 16.5. The van der Waals surface area contributed by atoms with E-state index < -0.39 is 0 Å². The van der Waals surface area contributed by atoms with Gasteiger partial charge in [-0.1, -0.05) is 12.1 Å². The van der Waals surface area contributed by atoms with Gasteiger partial charge in [0.15, 0.2) is 0 Å². The number of nitrogens with one attached hydrogen (secondary N) is 2. The molecule has 6 nitrogen and oxygen atoms in total. The van der Waals surface area contributed by atoms with Gasteiger partial charge in [0.1, 0.15) is 6.10 Å². The maximum Gasteiger partial charge on any atom is 0.251 e. The number of rotatable bonds is 6. The maximum absolute atomic E-state index is 12.0. The molecule has 1 saturated heterocycles. The number of benzene rings is 1. The SMILES string of the molecule is CNC(=O)c1cccc(CCNC(=O)[C@@H]2CC[C@H](CN)O2)c1. The van der Waals surface area contributed by atoms with E-state index in [0.29, 0.717) is 25.1 Å². The Morgan fingerprint density at radius 3 is 2.86 bits per heavy atom. The normalized spacial score (nSPS) is 20.6. The summed E-state index contributed by atoms with van der Waals surface area (Å²) in [5.74, 6) is -0.198. The fourth-order valence-corrected chi connectivity index (χ4v) is 2.53. The zero-order chi connectivity index (χ0) is 15.9. The Morgan fingerprint density at radius 1 is 1.36 bits per heavy atom. The van der Waals surface area contributed by atoms with Gasteiger partial charge in [0, 0.05) is 25.7 Å². The van der Waals surface area contributed by atoms with Crippen LogP contribution in [0.4, 0.5) is 0 Å². The van der Waals surface area contributed by atoms with Crippen LogP contribution in [0.3, 0.4) is 0 Å². The van der Waals surface area contributed by atoms with Crippen LogP contribution in [0.25, 0.3) is 0 Å². The largest absolute Gasteiger partial charge is 0.364 e. The lowest BCUT2D eigenvalue weighted by molar-refractivity contribution is -0.131. The fourth-order valence-electron chi connectivity index (χ4n) is 2.53. The Balaban J connectivity index is 1.79. The molecule has 4 N–H and O–H groups in total. The number of carbonyl (C=O) groups excluding carboxylic acids is 2. The summed E-state index contributed by atoms with van der Waals surface area (Å²) in [6, 6.07) is 7.38. The molecule has 1 aliphatic heterocycles. The van der Waals surface area contributed by atoms with E-state index in [2.05, 4.69) is 10.6 Å². The van der Waals surface area contributed by atoms with Crippen molar-refractivity contribution < 1.29 is 14.3 Å². The molecule has 120 valence electrons. The lowest BCUT2D eigenvalue weighted by atomic mass is 10.1. The highest BCUT2D eigenvalue weighted by molar-refractivity contribution is 5.94. The van der Waals surface area contributed by atoms with Crippen LogP contribution in [0.15, 0.2) is 24.3 Å². The van der Waals surface area contributed by atoms with Crippen LogP contribution in [0, 0.1) is 0 Å². The highest BCUT2D eigenvalue weighted by Gasteiger charge is 2.29. The molecule has 1 aliphatic rings. The number of ether oxygens (including phenoxy) is 1. The molecule has 2 rings (SSSR count). The Morgan fingerprint density at radius 2 is 2.18 bits per heavy atom. The van der Waals surface area contributed by atoms with Crippen LogP contribution in [0.5, 0.6) is 0 Å². The molecule has 2 amide bonds. The average molecular weight is 305 g/mol. The standard InChI is InChI=1S/C16H23N3O3/c1-18-15(20)12-4-2-3-11(9-12)7-8-19-16(21)14-6-5-13(10-17)22-14/h2-4,9,13-14H,5-8,10,17H2,1H3,(H,18,20)(H,19,21)/t13-,14+/m1/s1. The number of hydrogen-bond acceptors (Lipinski definition) is 4. The summed E-state index contributed by atoms with van der Waals surface area (Å²) in [7, 11) is 1.60. The minimum atomic E-state index is -0.384. The smallest absolute Gasteiger partial charge is 0.251 e. The minimum Gasteiger partial charge on any atom is -0.364 e. The van der Waals surface area contributed by atoms with Gasteiger partial charge in [-0.2, -0.15) is 0 Å². The molecule has 0 aliphatic carbocycles. The molecule has 6 heteroatoms. The van der Waals surface area contributed by atoms with Gasteiger partial charge < -0.3 is 21.1 Å². The van der Waals surface area contributed by atoms with Gasteiger partial charge in [-0.3, -0.25) is 9.59 Å². The monoisotopic (exact) mass is 305 g/mol. The third-order valence-corrected chi connectivity index (χ3v) is 3.79. The molecule has 1 fully saturated rings. The summed E-state index contributed by atoms with van der Waals surface area (Å²) >= 11 is 0. The molecule has 22 heavy (non-hydrogen) atoms. The molecule has 0 spiro atoms. The van der Waals surface area contributed by atoms with Crippen LogP contribution >= 0.6 is 0 Å². The molecule has 1 aromatic carbocycles. The second-order valence-corrected chi connectivity index (χ2v) is 5.38. The molecule has 0 unspecified atom stereocenters. The summed E-state index contributed by atoms with van der Waals surface area (Å²) in [4.78, 5) is 23.6. The van der Waals surface area contributed by atoms with E-state index in [1.54, 1.807) is 13.1 Å². The number of amides is 2. The van der Waals surface area contributed by atoms with Gasteiger partial charge in [-0.15, -0.1) is 0 Å². The first-order valence-corrected chi connectivity index (χ1v) is 7.58. The molecule has 0 saturated carbocycles. The summed E-state index contributed by atoms with van der Waals surface area (Å²) < 4.78 is 5.55. The number of nitrogens with two attached hydrogens (primary N) is 1. The van der Waals surface area contributed by atoms with E-state index in [0.717, 1.165) is 18.4 Å². The second kappa shape index (κ2) is 7.91. The van der Waals surface area contributed by atoms with E-state index in [-0.39, 0.29) is 24.0 Å². The predicted molar refractivity (Wildman–Crippen MR) is 83.5 cm³/mol. The van der Waals surface area contributed by atoms with Crippen LogP contribution < -0.4 is 16.4 Å². The van der Waals surface area contributed by atoms with Crippen molar-refractivity contribution >= 4 is 11.8 Å². The van der Waals surface area contributed by atoms with Crippen molar-refractivity contribution in [2.45, 2.75) is 31.5 Å². The zero-order valence-corrected chi connectivity index (χ0v) is 12.8. The van der Waals surface area contributed by atoms with Crippen molar-refractivity contribution in [2.75, 3.05) is 20.1 Å². The molecular formula is C16H23N3O3. The molecule has 2 atom stereocenters. The Bertz CT molecular complexity index is 533. The Kier molecular flexibility index (Phi) is 5.91. The number of carbonyl (C=O) groups is 2. The Hall–Kier alpha value is -1.92. The van der Waals surface area contributed by atoms with E-state index in [4.69, 9.17) is 10.5 Å². The van der Waals surface area contributed by atoms with Gasteiger partial charge in [0.25, 0.3) is 5.91 Å². The number of hydrogen-bond donors (Lipinski definition) is 3. The van der Waals surface area contributed by atoms with E-state index in [1.807, 2.05) is 18.2 Å². The highest BCUT2D eigenvalue weighted by Crippen LogP contribution is 2.18. The van der Waals surface area contributed by atoms with Crippen LogP contribution in [0.1, 0.15) is 28.8 Å². The first-order valence-electron chi connectivity index (χ1n) is 7.58. The summed E-state index contributed by atoms with van der Waals surface area (Å²) in [6.45, 7) is 0.971.